The van der Waals surface area contributed by atoms with Crippen LogP contribution in [-0.4, -0.2) is 35.1 Å². The van der Waals surface area contributed by atoms with Crippen molar-refractivity contribution in [2.24, 2.45) is 5.84 Å². The standard InChI is InChI=1S/C11H21N5S/c1-7(6-17-5)16(4)11-8(2)10(15-12)13-9(3)14-11/h7H,6,12H2,1-5H3,(H,13,14,15). The highest BCUT2D eigenvalue weighted by Crippen LogP contribution is 2.23. The highest BCUT2D eigenvalue weighted by Gasteiger charge is 2.16. The Hall–Kier alpha value is -1.01. The van der Waals surface area contributed by atoms with E-state index in [2.05, 4.69) is 40.5 Å². The molecule has 0 saturated heterocycles. The number of nitrogens with one attached hydrogen (secondary N) is 1. The summed E-state index contributed by atoms with van der Waals surface area (Å²) in [5.41, 5.74) is 3.60. The largest absolute Gasteiger partial charge is 0.356 e. The molecule has 1 aromatic heterocycles. The van der Waals surface area contributed by atoms with Crippen LogP contribution in [0.15, 0.2) is 0 Å². The highest BCUT2D eigenvalue weighted by molar-refractivity contribution is 7.98. The molecule has 0 spiro atoms. The van der Waals surface area contributed by atoms with Crippen LogP contribution in [0, 0.1) is 13.8 Å². The molecule has 6 heteroatoms. The fraction of sp³-hybridized carbons (Fsp3) is 0.636. The first-order chi connectivity index (χ1) is 8.01. The lowest BCUT2D eigenvalue weighted by Gasteiger charge is -2.27. The zero-order valence-corrected chi connectivity index (χ0v) is 11.9. The van der Waals surface area contributed by atoms with Crippen molar-refractivity contribution in [2.45, 2.75) is 26.8 Å². The molecule has 96 valence electrons. The number of hydrogen-bond donors (Lipinski definition) is 2. The van der Waals surface area contributed by atoms with E-state index in [0.717, 1.165) is 23.0 Å². The van der Waals surface area contributed by atoms with Crippen molar-refractivity contribution in [3.63, 3.8) is 0 Å². The second-order valence-electron chi connectivity index (χ2n) is 4.13. The molecule has 0 aliphatic heterocycles. The fourth-order valence-corrected chi connectivity index (χ4v) is 2.37. The number of hydrazine groups is 1. The van der Waals surface area contributed by atoms with E-state index in [1.165, 1.54) is 0 Å². The van der Waals surface area contributed by atoms with Gasteiger partial charge in [-0.3, -0.25) is 0 Å². The number of thioether (sulfide) groups is 1. The van der Waals surface area contributed by atoms with Crippen molar-refractivity contribution in [3.8, 4) is 0 Å². The monoisotopic (exact) mass is 255 g/mol. The third-order valence-corrected chi connectivity index (χ3v) is 3.59. The number of nitrogens with zero attached hydrogens (tertiary/aromatic N) is 3. The number of aromatic nitrogens is 2. The minimum atomic E-state index is 0.420. The molecule has 0 radical (unpaired) electrons. The van der Waals surface area contributed by atoms with E-state index in [1.807, 2.05) is 25.6 Å². The van der Waals surface area contributed by atoms with Gasteiger partial charge in [-0.25, -0.2) is 15.8 Å². The molecule has 0 aliphatic carbocycles. The Morgan fingerprint density at radius 2 is 2.06 bits per heavy atom. The number of nitrogen functional groups attached to an aromatic ring is 1. The molecule has 0 fully saturated rings. The Labute approximate surface area is 107 Å². The average Bonchev–Trinajstić information content (AvgIpc) is 2.31. The first-order valence-electron chi connectivity index (χ1n) is 5.54. The van der Waals surface area contributed by atoms with E-state index >= 15 is 0 Å². The molecule has 3 N–H and O–H groups in total. The second kappa shape index (κ2) is 6.07. The quantitative estimate of drug-likeness (QED) is 0.615. The Morgan fingerprint density at radius 3 is 2.59 bits per heavy atom. The normalized spacial score (nSPS) is 12.4. The Kier molecular flexibility index (Phi) is 5.02. The van der Waals surface area contributed by atoms with E-state index < -0.39 is 0 Å². The molecule has 0 saturated carbocycles. The lowest BCUT2D eigenvalue weighted by atomic mass is 10.2. The molecule has 1 aromatic rings. The van der Waals surface area contributed by atoms with Crippen LogP contribution >= 0.6 is 11.8 Å². The summed E-state index contributed by atoms with van der Waals surface area (Å²) in [4.78, 5) is 10.9. The van der Waals surface area contributed by atoms with E-state index in [1.54, 1.807) is 0 Å². The second-order valence-corrected chi connectivity index (χ2v) is 5.04. The van der Waals surface area contributed by atoms with Gasteiger partial charge in [0.2, 0.25) is 0 Å². The van der Waals surface area contributed by atoms with Crippen molar-refractivity contribution in [1.29, 1.82) is 0 Å². The van der Waals surface area contributed by atoms with Crippen LogP contribution < -0.4 is 16.2 Å². The smallest absolute Gasteiger partial charge is 0.148 e. The molecule has 1 rings (SSSR count). The third kappa shape index (κ3) is 3.23. The number of hydrogen-bond acceptors (Lipinski definition) is 6. The molecular formula is C11H21N5S. The van der Waals surface area contributed by atoms with Gasteiger partial charge in [-0.05, 0) is 27.0 Å². The van der Waals surface area contributed by atoms with Crippen LogP contribution in [0.4, 0.5) is 11.6 Å². The van der Waals surface area contributed by atoms with Crippen molar-refractivity contribution >= 4 is 23.4 Å². The molecule has 0 bridgehead atoms. The average molecular weight is 255 g/mol. The molecule has 1 atom stereocenters. The first kappa shape index (κ1) is 14.1. The van der Waals surface area contributed by atoms with Gasteiger partial charge in [-0.15, -0.1) is 0 Å². The minimum Gasteiger partial charge on any atom is -0.356 e. The van der Waals surface area contributed by atoms with Crippen molar-refractivity contribution < 1.29 is 0 Å². The predicted octanol–water partition coefficient (Wildman–Crippen LogP) is 1.57. The van der Waals surface area contributed by atoms with Gasteiger partial charge in [0.1, 0.15) is 17.5 Å². The van der Waals surface area contributed by atoms with Crippen molar-refractivity contribution in [1.82, 2.24) is 9.97 Å². The summed E-state index contributed by atoms with van der Waals surface area (Å²) < 4.78 is 0. The van der Waals surface area contributed by atoms with E-state index in [9.17, 15) is 0 Å². The van der Waals surface area contributed by atoms with Gasteiger partial charge >= 0.3 is 0 Å². The van der Waals surface area contributed by atoms with Crippen molar-refractivity contribution in [2.75, 3.05) is 29.4 Å². The van der Waals surface area contributed by atoms with Gasteiger partial charge in [0, 0.05) is 24.4 Å². The van der Waals surface area contributed by atoms with Gasteiger partial charge in [0.15, 0.2) is 0 Å². The molecule has 1 unspecified atom stereocenters. The summed E-state index contributed by atoms with van der Waals surface area (Å²) in [5.74, 6) is 8.87. The van der Waals surface area contributed by atoms with Crippen LogP contribution in [0.3, 0.4) is 0 Å². The van der Waals surface area contributed by atoms with E-state index in [-0.39, 0.29) is 0 Å². The number of anilines is 2. The molecular weight excluding hydrogens is 234 g/mol. The summed E-state index contributed by atoms with van der Waals surface area (Å²) in [5, 5.41) is 0. The Balaban J connectivity index is 3.08. The van der Waals surface area contributed by atoms with E-state index in [0.29, 0.717) is 11.9 Å². The lowest BCUT2D eigenvalue weighted by molar-refractivity contribution is 0.745. The van der Waals surface area contributed by atoms with Gasteiger partial charge < -0.3 is 10.3 Å². The van der Waals surface area contributed by atoms with Crippen molar-refractivity contribution in [3.05, 3.63) is 11.4 Å². The first-order valence-corrected chi connectivity index (χ1v) is 6.94. The number of rotatable bonds is 5. The minimum absolute atomic E-state index is 0.420. The summed E-state index contributed by atoms with van der Waals surface area (Å²) in [6, 6.07) is 0.420. The fourth-order valence-electron chi connectivity index (χ4n) is 1.66. The van der Waals surface area contributed by atoms with Crippen LogP contribution in [0.5, 0.6) is 0 Å². The zero-order valence-electron chi connectivity index (χ0n) is 11.1. The maximum atomic E-state index is 5.46. The van der Waals surface area contributed by atoms with Gasteiger partial charge in [-0.1, -0.05) is 0 Å². The van der Waals surface area contributed by atoms with Crippen LogP contribution in [0.1, 0.15) is 18.3 Å². The maximum absolute atomic E-state index is 5.46. The lowest BCUT2D eigenvalue weighted by Crippen LogP contribution is -2.32. The number of aryl methyl sites for hydroxylation is 1. The zero-order chi connectivity index (χ0) is 13.0. The summed E-state index contributed by atoms with van der Waals surface area (Å²) in [7, 11) is 2.05. The molecule has 0 aliphatic rings. The predicted molar refractivity (Wildman–Crippen MR) is 75.6 cm³/mol. The van der Waals surface area contributed by atoms with Gasteiger partial charge in [0.25, 0.3) is 0 Å². The van der Waals surface area contributed by atoms with Crippen LogP contribution in [-0.2, 0) is 0 Å². The Bertz CT molecular complexity index is 382. The summed E-state index contributed by atoms with van der Waals surface area (Å²) in [6.07, 6.45) is 2.11. The molecule has 1 heterocycles. The highest BCUT2D eigenvalue weighted by atomic mass is 32.2. The SMILES string of the molecule is CSCC(C)N(C)c1nc(C)nc(NN)c1C. The third-order valence-electron chi connectivity index (χ3n) is 2.77. The molecule has 17 heavy (non-hydrogen) atoms. The van der Waals surface area contributed by atoms with Gasteiger partial charge in [-0.2, -0.15) is 11.8 Å². The van der Waals surface area contributed by atoms with Gasteiger partial charge in [0.05, 0.1) is 0 Å². The van der Waals surface area contributed by atoms with Crippen LogP contribution in [0.25, 0.3) is 0 Å². The summed E-state index contributed by atoms with van der Waals surface area (Å²) >= 11 is 1.83. The maximum Gasteiger partial charge on any atom is 0.148 e. The Morgan fingerprint density at radius 1 is 1.41 bits per heavy atom. The molecule has 0 aromatic carbocycles. The molecule has 5 nitrogen and oxygen atoms in total. The summed E-state index contributed by atoms with van der Waals surface area (Å²) in [6.45, 7) is 6.03. The number of nitrogens with two attached hydrogens (primary N) is 1. The molecule has 0 amide bonds. The van der Waals surface area contributed by atoms with E-state index in [4.69, 9.17) is 5.84 Å². The topological polar surface area (TPSA) is 67.1 Å². The van der Waals surface area contributed by atoms with Crippen LogP contribution in [0.2, 0.25) is 0 Å².